The van der Waals surface area contributed by atoms with Gasteiger partial charge in [0.05, 0.1) is 19.2 Å². The van der Waals surface area contributed by atoms with E-state index in [1.807, 2.05) is 24.3 Å². The van der Waals surface area contributed by atoms with Gasteiger partial charge in [0.1, 0.15) is 5.75 Å². The lowest BCUT2D eigenvalue weighted by molar-refractivity contribution is -0.116. The monoisotopic (exact) mass is 364 g/mol. The Hall–Kier alpha value is -3.61. The number of allylic oxidation sites excluding steroid dienone is 1. The van der Waals surface area contributed by atoms with Crippen molar-refractivity contribution in [3.8, 4) is 11.6 Å². The number of anilines is 1. The topological polar surface area (TPSA) is 88.2 Å². The summed E-state index contributed by atoms with van der Waals surface area (Å²) in [6, 6.07) is 14.6. The third-order valence-corrected chi connectivity index (χ3v) is 4.02. The lowest BCUT2D eigenvalue weighted by atomic mass is 10.2. The predicted octanol–water partition coefficient (Wildman–Crippen LogP) is 4.26. The maximum absolute atomic E-state index is 12.0. The Bertz CT molecular complexity index is 990. The molecule has 0 bridgehead atoms. The average Bonchev–Trinajstić information content (AvgIpc) is 2.97. The highest BCUT2D eigenvalue weighted by Crippen LogP contribution is 2.38. The number of fused-ring (bicyclic) bond motifs is 1. The molecular formula is C20H20N4O3. The normalized spacial score (nSPS) is 11.0. The summed E-state index contributed by atoms with van der Waals surface area (Å²) in [4.78, 5) is 12.0. The first-order valence-corrected chi connectivity index (χ1v) is 8.37. The number of aromatic hydroxyl groups is 1. The Labute approximate surface area is 156 Å². The van der Waals surface area contributed by atoms with Crippen LogP contribution in [0.3, 0.4) is 0 Å². The molecule has 2 N–H and O–H groups in total. The van der Waals surface area contributed by atoms with Gasteiger partial charge in [0.2, 0.25) is 5.88 Å². The molecule has 0 aliphatic rings. The molecule has 0 aliphatic carbocycles. The van der Waals surface area contributed by atoms with E-state index in [4.69, 9.17) is 4.74 Å². The fraction of sp³-hybridized carbons (Fsp3) is 0.150. The molecule has 0 unspecified atom stereocenters. The summed E-state index contributed by atoms with van der Waals surface area (Å²) in [6.45, 7) is 4.11. The average molecular weight is 364 g/mol. The second kappa shape index (κ2) is 8.18. The van der Waals surface area contributed by atoms with Crippen LogP contribution in [0.5, 0.6) is 11.6 Å². The molecule has 1 aromatic heterocycles. The minimum atomic E-state index is -0.453. The number of methoxy groups -OCH3 is 1. The molecule has 0 spiro atoms. The molecule has 138 valence electrons. The van der Waals surface area contributed by atoms with Crippen LogP contribution < -0.4 is 10.1 Å². The van der Waals surface area contributed by atoms with E-state index < -0.39 is 5.91 Å². The fourth-order valence-corrected chi connectivity index (χ4v) is 2.71. The van der Waals surface area contributed by atoms with Crippen LogP contribution in [-0.2, 0) is 11.3 Å². The zero-order chi connectivity index (χ0) is 19.2. The van der Waals surface area contributed by atoms with E-state index in [0.29, 0.717) is 6.54 Å². The first-order valence-electron chi connectivity index (χ1n) is 8.37. The standard InChI is InChI=1S/C20H20N4O3/c1-3-12-24-17-7-5-4-6-16(17)19(20(24)26)23-22-18(25)13-21-14-8-10-15(27-2)11-9-14/h3-11,21,26H,1,12-13H2,2H3. The first kappa shape index (κ1) is 18.2. The number of hydrogen-bond acceptors (Lipinski definition) is 5. The summed E-state index contributed by atoms with van der Waals surface area (Å²) in [5, 5.41) is 21.8. The van der Waals surface area contributed by atoms with Gasteiger partial charge in [-0.3, -0.25) is 4.79 Å². The summed E-state index contributed by atoms with van der Waals surface area (Å²) in [5.74, 6) is 0.236. The smallest absolute Gasteiger partial charge is 0.283 e. The van der Waals surface area contributed by atoms with Crippen molar-refractivity contribution in [3.05, 3.63) is 61.2 Å². The number of amides is 1. The highest BCUT2D eigenvalue weighted by atomic mass is 16.5. The second-order valence-corrected chi connectivity index (χ2v) is 5.76. The molecular weight excluding hydrogens is 344 g/mol. The van der Waals surface area contributed by atoms with Gasteiger partial charge in [-0.05, 0) is 30.3 Å². The number of carbonyl (C=O) groups is 1. The van der Waals surface area contributed by atoms with E-state index in [9.17, 15) is 9.90 Å². The van der Waals surface area contributed by atoms with Crippen molar-refractivity contribution in [2.75, 3.05) is 19.0 Å². The van der Waals surface area contributed by atoms with Crippen molar-refractivity contribution < 1.29 is 14.6 Å². The van der Waals surface area contributed by atoms with Gasteiger partial charge in [-0.1, -0.05) is 24.3 Å². The van der Waals surface area contributed by atoms with E-state index in [1.54, 1.807) is 42.0 Å². The van der Waals surface area contributed by atoms with E-state index >= 15 is 0 Å². The van der Waals surface area contributed by atoms with Crippen molar-refractivity contribution >= 4 is 28.2 Å². The number of hydrogen-bond donors (Lipinski definition) is 2. The summed E-state index contributed by atoms with van der Waals surface area (Å²) in [6.07, 6.45) is 1.68. The van der Waals surface area contributed by atoms with Crippen LogP contribution in [0.25, 0.3) is 10.9 Å². The summed E-state index contributed by atoms with van der Waals surface area (Å²) in [5.41, 5.74) is 1.84. The van der Waals surface area contributed by atoms with Crippen molar-refractivity contribution in [2.24, 2.45) is 10.2 Å². The van der Waals surface area contributed by atoms with E-state index in [0.717, 1.165) is 22.3 Å². The molecule has 2 aromatic carbocycles. The molecule has 0 fully saturated rings. The van der Waals surface area contributed by atoms with Gasteiger partial charge in [0.25, 0.3) is 5.91 Å². The van der Waals surface area contributed by atoms with Gasteiger partial charge in [0.15, 0.2) is 5.69 Å². The number of nitrogens with one attached hydrogen (secondary N) is 1. The van der Waals surface area contributed by atoms with Crippen molar-refractivity contribution in [1.82, 2.24) is 4.57 Å². The van der Waals surface area contributed by atoms with Crippen LogP contribution in [0, 0.1) is 0 Å². The van der Waals surface area contributed by atoms with Crippen molar-refractivity contribution in [3.63, 3.8) is 0 Å². The van der Waals surface area contributed by atoms with Crippen LogP contribution in [-0.4, -0.2) is 29.2 Å². The van der Waals surface area contributed by atoms with Gasteiger partial charge in [-0.15, -0.1) is 16.8 Å². The number of carbonyl (C=O) groups excluding carboxylic acids is 1. The molecule has 27 heavy (non-hydrogen) atoms. The highest BCUT2D eigenvalue weighted by molar-refractivity contribution is 5.95. The SMILES string of the molecule is C=CCn1c(O)c(N=NC(=O)CNc2ccc(OC)cc2)c2ccccc21. The zero-order valence-corrected chi connectivity index (χ0v) is 14.9. The summed E-state index contributed by atoms with van der Waals surface area (Å²) < 4.78 is 6.75. The van der Waals surface area contributed by atoms with Crippen molar-refractivity contribution in [1.29, 1.82) is 0 Å². The zero-order valence-electron chi connectivity index (χ0n) is 14.9. The van der Waals surface area contributed by atoms with Gasteiger partial charge in [-0.25, -0.2) is 0 Å². The molecule has 0 saturated carbocycles. The van der Waals surface area contributed by atoms with E-state index in [1.165, 1.54) is 0 Å². The Kier molecular flexibility index (Phi) is 5.51. The molecule has 0 atom stereocenters. The lowest BCUT2D eigenvalue weighted by Gasteiger charge is -2.04. The van der Waals surface area contributed by atoms with Gasteiger partial charge in [0, 0.05) is 17.6 Å². The predicted molar refractivity (Wildman–Crippen MR) is 105 cm³/mol. The summed E-state index contributed by atoms with van der Waals surface area (Å²) >= 11 is 0. The Morgan fingerprint density at radius 1 is 1.26 bits per heavy atom. The number of aromatic nitrogens is 1. The van der Waals surface area contributed by atoms with Crippen LogP contribution in [0.15, 0.2) is 71.4 Å². The van der Waals surface area contributed by atoms with Gasteiger partial charge >= 0.3 is 0 Å². The lowest BCUT2D eigenvalue weighted by Crippen LogP contribution is -2.10. The largest absolute Gasteiger partial charge is 0.497 e. The maximum atomic E-state index is 12.0. The van der Waals surface area contributed by atoms with E-state index in [-0.39, 0.29) is 18.1 Å². The third kappa shape index (κ3) is 3.98. The molecule has 7 heteroatoms. The Balaban J connectivity index is 1.74. The molecule has 0 radical (unpaired) electrons. The minimum absolute atomic E-state index is 0.0120. The van der Waals surface area contributed by atoms with Crippen LogP contribution in [0.2, 0.25) is 0 Å². The fourth-order valence-electron chi connectivity index (χ4n) is 2.71. The Morgan fingerprint density at radius 3 is 2.70 bits per heavy atom. The van der Waals surface area contributed by atoms with Gasteiger partial charge in [-0.2, -0.15) is 0 Å². The second-order valence-electron chi connectivity index (χ2n) is 5.76. The molecule has 1 amide bonds. The number of azo groups is 1. The number of para-hydroxylation sites is 1. The molecule has 3 rings (SSSR count). The van der Waals surface area contributed by atoms with E-state index in [2.05, 4.69) is 22.1 Å². The quantitative estimate of drug-likeness (QED) is 0.484. The van der Waals surface area contributed by atoms with Crippen LogP contribution >= 0.6 is 0 Å². The minimum Gasteiger partial charge on any atom is -0.497 e. The van der Waals surface area contributed by atoms with Crippen LogP contribution in [0.1, 0.15) is 0 Å². The number of benzene rings is 2. The van der Waals surface area contributed by atoms with Crippen molar-refractivity contribution in [2.45, 2.75) is 6.54 Å². The maximum Gasteiger partial charge on any atom is 0.283 e. The van der Waals surface area contributed by atoms with Gasteiger partial charge < -0.3 is 19.7 Å². The first-order chi connectivity index (χ1) is 13.1. The summed E-state index contributed by atoms with van der Waals surface area (Å²) in [7, 11) is 1.59. The molecule has 0 aliphatic heterocycles. The molecule has 7 nitrogen and oxygen atoms in total. The highest BCUT2D eigenvalue weighted by Gasteiger charge is 2.15. The molecule has 1 heterocycles. The number of nitrogens with zero attached hydrogens (tertiary/aromatic N) is 3. The third-order valence-electron chi connectivity index (χ3n) is 4.02. The number of ether oxygens (including phenoxy) is 1. The number of rotatable bonds is 7. The molecule has 0 saturated heterocycles. The van der Waals surface area contributed by atoms with Crippen LogP contribution in [0.4, 0.5) is 11.4 Å². The Morgan fingerprint density at radius 2 is 2.00 bits per heavy atom. The molecule has 3 aromatic rings.